The highest BCUT2D eigenvalue weighted by molar-refractivity contribution is 5.77. The second kappa shape index (κ2) is 6.34. The molecular formula is C20H16N4O4. The van der Waals surface area contributed by atoms with Gasteiger partial charge in [-0.15, -0.1) is 0 Å². The Hall–Kier alpha value is -3.94. The van der Waals surface area contributed by atoms with E-state index in [1.54, 1.807) is 18.5 Å². The summed E-state index contributed by atoms with van der Waals surface area (Å²) in [6.45, 7) is 0.769. The van der Waals surface area contributed by atoms with Crippen molar-refractivity contribution in [2.24, 2.45) is 0 Å². The van der Waals surface area contributed by atoms with Crippen molar-refractivity contribution >= 4 is 11.5 Å². The predicted octanol–water partition coefficient (Wildman–Crippen LogP) is 3.15. The minimum absolute atomic E-state index is 0.177. The second-order valence-corrected chi connectivity index (χ2v) is 6.36. The molecule has 0 atom stereocenters. The van der Waals surface area contributed by atoms with E-state index < -0.39 is 0 Å². The number of phenolic OH excluding ortho intramolecular Hbond substituents is 2. The minimum Gasteiger partial charge on any atom is -0.504 e. The van der Waals surface area contributed by atoms with E-state index in [-0.39, 0.29) is 18.3 Å². The first-order valence-electron chi connectivity index (χ1n) is 8.66. The first kappa shape index (κ1) is 16.2. The van der Waals surface area contributed by atoms with E-state index in [4.69, 9.17) is 9.47 Å². The van der Waals surface area contributed by atoms with Crippen molar-refractivity contribution in [3.63, 3.8) is 0 Å². The van der Waals surface area contributed by atoms with Crippen LogP contribution in [0.25, 0.3) is 16.9 Å². The van der Waals surface area contributed by atoms with Crippen molar-refractivity contribution in [2.45, 2.75) is 6.54 Å². The number of aromatic hydroxyl groups is 2. The number of nitrogens with zero attached hydrogens (tertiary/aromatic N) is 3. The fourth-order valence-corrected chi connectivity index (χ4v) is 3.18. The average Bonchev–Trinajstić information content (AvgIpc) is 3.32. The fraction of sp³-hybridized carbons (Fsp3) is 0.100. The smallest absolute Gasteiger partial charge is 0.231 e. The van der Waals surface area contributed by atoms with Crippen LogP contribution < -0.4 is 14.8 Å². The summed E-state index contributed by atoms with van der Waals surface area (Å²) in [4.78, 5) is 8.74. The van der Waals surface area contributed by atoms with E-state index in [2.05, 4.69) is 15.3 Å². The van der Waals surface area contributed by atoms with Crippen LogP contribution in [0.1, 0.15) is 5.56 Å². The van der Waals surface area contributed by atoms with Crippen LogP contribution in [0, 0.1) is 0 Å². The van der Waals surface area contributed by atoms with E-state index in [1.807, 2.05) is 28.8 Å². The Morgan fingerprint density at radius 2 is 1.93 bits per heavy atom. The van der Waals surface area contributed by atoms with E-state index in [0.29, 0.717) is 23.4 Å². The lowest BCUT2D eigenvalue weighted by Crippen LogP contribution is -2.03. The minimum atomic E-state index is -0.200. The van der Waals surface area contributed by atoms with Crippen LogP contribution in [-0.4, -0.2) is 31.4 Å². The summed E-state index contributed by atoms with van der Waals surface area (Å²) >= 11 is 0. The Kier molecular flexibility index (Phi) is 3.68. The summed E-state index contributed by atoms with van der Waals surface area (Å²) in [5.41, 5.74) is 3.00. The highest BCUT2D eigenvalue weighted by Crippen LogP contribution is 2.35. The molecule has 8 heteroatoms. The maximum atomic E-state index is 9.88. The van der Waals surface area contributed by atoms with Crippen molar-refractivity contribution < 1.29 is 19.7 Å². The highest BCUT2D eigenvalue weighted by Gasteiger charge is 2.17. The molecule has 8 nitrogen and oxygen atoms in total. The van der Waals surface area contributed by atoms with Gasteiger partial charge in [0.05, 0.1) is 6.20 Å². The molecule has 140 valence electrons. The second-order valence-electron chi connectivity index (χ2n) is 6.36. The molecule has 0 saturated carbocycles. The van der Waals surface area contributed by atoms with Crippen LogP contribution in [0.3, 0.4) is 0 Å². The Morgan fingerprint density at radius 1 is 1.04 bits per heavy atom. The van der Waals surface area contributed by atoms with Gasteiger partial charge in [0, 0.05) is 24.5 Å². The maximum Gasteiger partial charge on any atom is 0.231 e. The van der Waals surface area contributed by atoms with Gasteiger partial charge in [-0.05, 0) is 35.9 Å². The monoisotopic (exact) mass is 376 g/mol. The van der Waals surface area contributed by atoms with Crippen LogP contribution in [0.15, 0.2) is 55.0 Å². The van der Waals surface area contributed by atoms with Crippen molar-refractivity contribution in [3.05, 3.63) is 60.6 Å². The molecule has 0 fully saturated rings. The highest BCUT2D eigenvalue weighted by atomic mass is 16.7. The molecule has 0 radical (unpaired) electrons. The summed E-state index contributed by atoms with van der Waals surface area (Å²) < 4.78 is 12.7. The Labute approximate surface area is 159 Å². The lowest BCUT2D eigenvalue weighted by Gasteiger charge is -2.10. The third-order valence-corrected chi connectivity index (χ3v) is 4.58. The third-order valence-electron chi connectivity index (χ3n) is 4.58. The van der Waals surface area contributed by atoms with Crippen molar-refractivity contribution in [1.29, 1.82) is 0 Å². The van der Waals surface area contributed by atoms with Crippen molar-refractivity contribution in [3.8, 4) is 34.3 Å². The predicted molar refractivity (Wildman–Crippen MR) is 102 cm³/mol. The van der Waals surface area contributed by atoms with Gasteiger partial charge in [0.1, 0.15) is 11.5 Å². The summed E-state index contributed by atoms with van der Waals surface area (Å²) in [7, 11) is 0. The quantitative estimate of drug-likeness (QED) is 0.470. The lowest BCUT2D eigenvalue weighted by atomic mass is 10.1. The number of benzene rings is 2. The van der Waals surface area contributed by atoms with Crippen LogP contribution in [-0.2, 0) is 6.54 Å². The Bertz CT molecular complexity index is 1190. The fourth-order valence-electron chi connectivity index (χ4n) is 3.18. The number of anilines is 1. The summed E-state index contributed by atoms with van der Waals surface area (Å²) in [5, 5.41) is 22.9. The van der Waals surface area contributed by atoms with Crippen molar-refractivity contribution in [1.82, 2.24) is 14.4 Å². The number of phenols is 2. The molecule has 0 unspecified atom stereocenters. The van der Waals surface area contributed by atoms with Crippen LogP contribution in [0.2, 0.25) is 0 Å². The molecule has 0 amide bonds. The number of aromatic nitrogens is 3. The molecule has 5 rings (SSSR count). The first-order chi connectivity index (χ1) is 13.7. The van der Waals surface area contributed by atoms with Crippen LogP contribution in [0.4, 0.5) is 5.82 Å². The Balaban J connectivity index is 1.53. The molecule has 0 aliphatic carbocycles. The Morgan fingerprint density at radius 3 is 2.82 bits per heavy atom. The van der Waals surface area contributed by atoms with Gasteiger partial charge in [-0.1, -0.05) is 6.07 Å². The molecule has 28 heavy (non-hydrogen) atoms. The number of rotatable bonds is 4. The normalized spacial score (nSPS) is 12.4. The molecule has 2 aromatic heterocycles. The lowest BCUT2D eigenvalue weighted by molar-refractivity contribution is 0.174. The maximum absolute atomic E-state index is 9.88. The SMILES string of the molecule is Oc1ccc(-c2nc3cnccn3c2NCc2ccc3c(c2)OCO3)cc1O. The molecule has 0 saturated heterocycles. The zero-order chi connectivity index (χ0) is 19.1. The van der Waals surface area contributed by atoms with Crippen LogP contribution >= 0.6 is 0 Å². The van der Waals surface area contributed by atoms with E-state index in [0.717, 1.165) is 22.9 Å². The molecule has 1 aliphatic rings. The van der Waals surface area contributed by atoms with Gasteiger partial charge in [0.25, 0.3) is 0 Å². The zero-order valence-corrected chi connectivity index (χ0v) is 14.7. The van der Waals surface area contributed by atoms with E-state index >= 15 is 0 Å². The average molecular weight is 376 g/mol. The molecule has 0 spiro atoms. The number of nitrogens with one attached hydrogen (secondary N) is 1. The first-order valence-corrected chi connectivity index (χ1v) is 8.66. The van der Waals surface area contributed by atoms with Gasteiger partial charge in [-0.25, -0.2) is 4.98 Å². The molecule has 3 heterocycles. The molecule has 4 aromatic rings. The number of fused-ring (bicyclic) bond motifs is 2. The standard InChI is InChI=1S/C20H16N4O4/c25-14-3-2-13(8-15(14)26)19-20(24-6-5-21-10-18(24)23-19)22-9-12-1-4-16-17(7-12)28-11-27-16/h1-8,10,22,25-26H,9,11H2. The van der Waals surface area contributed by atoms with Gasteiger partial charge in [0.2, 0.25) is 6.79 Å². The summed E-state index contributed by atoms with van der Waals surface area (Å²) in [5.74, 6) is 1.84. The van der Waals surface area contributed by atoms with Gasteiger partial charge < -0.3 is 25.0 Å². The van der Waals surface area contributed by atoms with E-state index in [9.17, 15) is 10.2 Å². The summed E-state index contributed by atoms with van der Waals surface area (Å²) in [6, 6.07) is 10.4. The van der Waals surface area contributed by atoms with Gasteiger partial charge in [-0.2, -0.15) is 0 Å². The van der Waals surface area contributed by atoms with Gasteiger partial charge >= 0.3 is 0 Å². The third kappa shape index (κ3) is 2.71. The molecule has 1 aliphatic heterocycles. The van der Waals surface area contributed by atoms with Crippen molar-refractivity contribution in [2.75, 3.05) is 12.1 Å². The molecule has 3 N–H and O–H groups in total. The number of imidazole rings is 1. The molecule has 0 bridgehead atoms. The number of ether oxygens (including phenoxy) is 2. The molecule has 2 aromatic carbocycles. The van der Waals surface area contributed by atoms with Gasteiger partial charge in [0.15, 0.2) is 28.6 Å². The van der Waals surface area contributed by atoms with E-state index in [1.165, 1.54) is 12.1 Å². The largest absolute Gasteiger partial charge is 0.504 e. The van der Waals surface area contributed by atoms with Gasteiger partial charge in [-0.3, -0.25) is 9.38 Å². The number of hydrogen-bond donors (Lipinski definition) is 3. The zero-order valence-electron chi connectivity index (χ0n) is 14.7. The topological polar surface area (TPSA) is 101 Å². The molecular weight excluding hydrogens is 360 g/mol. The van der Waals surface area contributed by atoms with Crippen LogP contribution in [0.5, 0.6) is 23.0 Å². The number of hydrogen-bond acceptors (Lipinski definition) is 7. The summed E-state index contributed by atoms with van der Waals surface area (Å²) in [6.07, 6.45) is 5.15.